The molecule has 0 bridgehead atoms. The van der Waals surface area contributed by atoms with Gasteiger partial charge in [-0.1, -0.05) is 61.2 Å². The van der Waals surface area contributed by atoms with E-state index in [0.717, 1.165) is 16.3 Å². The smallest absolute Gasteiger partial charge is 0.343 e. The first-order valence-electron chi connectivity index (χ1n) is 8.89. The lowest BCUT2D eigenvalue weighted by Crippen LogP contribution is -2.13. The number of carbonyl (C=O) groups is 1. The van der Waals surface area contributed by atoms with E-state index in [9.17, 15) is 9.90 Å². The number of benzene rings is 3. The predicted molar refractivity (Wildman–Crippen MR) is 107 cm³/mol. The van der Waals surface area contributed by atoms with Crippen molar-refractivity contribution >= 4 is 22.8 Å². The maximum atomic E-state index is 12.8. The van der Waals surface area contributed by atoms with Gasteiger partial charge in [-0.15, -0.1) is 0 Å². The molecule has 5 heteroatoms. The Morgan fingerprint density at radius 3 is 2.29 bits per heavy atom. The highest BCUT2D eigenvalue weighted by atomic mass is 16.6. The van der Waals surface area contributed by atoms with Crippen molar-refractivity contribution < 1.29 is 24.1 Å². The van der Waals surface area contributed by atoms with Crippen LogP contribution in [-0.2, 0) is 4.74 Å². The van der Waals surface area contributed by atoms with Gasteiger partial charge in [0.25, 0.3) is 0 Å². The highest BCUT2D eigenvalue weighted by Crippen LogP contribution is 2.51. The summed E-state index contributed by atoms with van der Waals surface area (Å²) in [7, 11) is 3.05. The van der Waals surface area contributed by atoms with Gasteiger partial charge in [-0.2, -0.15) is 0 Å². The lowest BCUT2D eigenvalue weighted by atomic mass is 9.90. The van der Waals surface area contributed by atoms with Gasteiger partial charge in [0.1, 0.15) is 23.2 Å². The summed E-state index contributed by atoms with van der Waals surface area (Å²) in [6.07, 6.45) is -0.342. The van der Waals surface area contributed by atoms with Crippen molar-refractivity contribution in [2.24, 2.45) is 0 Å². The van der Waals surface area contributed by atoms with Crippen molar-refractivity contribution in [1.82, 2.24) is 0 Å². The number of rotatable bonds is 5. The first-order valence-corrected chi connectivity index (χ1v) is 8.89. The Morgan fingerprint density at radius 2 is 1.64 bits per heavy atom. The lowest BCUT2D eigenvalue weighted by molar-refractivity contribution is -0.0109. The molecule has 1 N–H and O–H groups in total. The largest absolute Gasteiger partial charge is 0.496 e. The summed E-state index contributed by atoms with van der Waals surface area (Å²) in [5, 5.41) is 12.7. The summed E-state index contributed by atoms with van der Waals surface area (Å²) in [6, 6.07) is 14.8. The fourth-order valence-corrected chi connectivity index (χ4v) is 3.89. The Kier molecular flexibility index (Phi) is 4.53. The zero-order valence-corrected chi connectivity index (χ0v) is 15.6. The van der Waals surface area contributed by atoms with Crippen LogP contribution in [0.2, 0.25) is 0 Å². The fraction of sp³-hybridized carbons (Fsp3) is 0.174. The average molecular weight is 376 g/mol. The van der Waals surface area contributed by atoms with Crippen LogP contribution < -0.4 is 9.47 Å². The Hall–Kier alpha value is -3.31. The Bertz CT molecular complexity index is 1090. The number of fused-ring (bicyclic) bond motifs is 2. The summed E-state index contributed by atoms with van der Waals surface area (Å²) in [6.45, 7) is 3.80. The molecule has 5 nitrogen and oxygen atoms in total. The normalized spacial score (nSPS) is 16.4. The quantitative estimate of drug-likeness (QED) is 0.667. The number of methoxy groups -OCH3 is 2. The Labute approximate surface area is 162 Å². The van der Waals surface area contributed by atoms with Crippen LogP contribution in [0.3, 0.4) is 0 Å². The number of hydrogen-bond acceptors (Lipinski definition) is 5. The van der Waals surface area contributed by atoms with Gasteiger partial charge in [0.05, 0.1) is 19.8 Å². The summed E-state index contributed by atoms with van der Waals surface area (Å²) >= 11 is 0. The molecule has 0 spiro atoms. The maximum Gasteiger partial charge on any atom is 0.343 e. The van der Waals surface area contributed by atoms with Gasteiger partial charge in [-0.25, -0.2) is 4.79 Å². The van der Waals surface area contributed by atoms with E-state index in [2.05, 4.69) is 6.58 Å². The number of aliphatic hydroxyl groups is 1. The molecule has 3 aromatic rings. The average Bonchev–Trinajstić information content (AvgIpc) is 3.08. The zero-order valence-electron chi connectivity index (χ0n) is 15.6. The highest BCUT2D eigenvalue weighted by molar-refractivity contribution is 6.08. The number of hydrogen-bond donors (Lipinski definition) is 1. The second-order valence-corrected chi connectivity index (χ2v) is 6.50. The molecule has 0 amide bonds. The number of esters is 1. The minimum absolute atomic E-state index is 0.290. The molecule has 1 aliphatic rings. The third kappa shape index (κ3) is 2.55. The molecule has 28 heavy (non-hydrogen) atoms. The van der Waals surface area contributed by atoms with Gasteiger partial charge in [-0.05, 0) is 11.1 Å². The van der Waals surface area contributed by atoms with Crippen LogP contribution in [0.5, 0.6) is 11.5 Å². The highest BCUT2D eigenvalue weighted by Gasteiger charge is 2.43. The van der Waals surface area contributed by atoms with Crippen LogP contribution >= 0.6 is 0 Å². The molecule has 0 aromatic heterocycles. The molecule has 0 saturated carbocycles. The van der Waals surface area contributed by atoms with Crippen LogP contribution in [0.4, 0.5) is 0 Å². The second kappa shape index (κ2) is 7.02. The van der Waals surface area contributed by atoms with Crippen molar-refractivity contribution in [3.63, 3.8) is 0 Å². The number of carbonyl (C=O) groups excluding carboxylic acids is 1. The van der Waals surface area contributed by atoms with Crippen molar-refractivity contribution in [1.29, 1.82) is 0 Å². The summed E-state index contributed by atoms with van der Waals surface area (Å²) in [5.74, 6) is 0.372. The Balaban J connectivity index is 1.99. The van der Waals surface area contributed by atoms with E-state index in [1.165, 1.54) is 7.11 Å². The molecule has 1 aliphatic heterocycles. The minimum Gasteiger partial charge on any atom is -0.496 e. The molecule has 3 aromatic carbocycles. The molecule has 0 radical (unpaired) electrons. The summed E-state index contributed by atoms with van der Waals surface area (Å²) in [5.41, 5.74) is 2.18. The molecule has 142 valence electrons. The van der Waals surface area contributed by atoms with E-state index >= 15 is 0 Å². The molecule has 0 saturated heterocycles. The first-order chi connectivity index (χ1) is 13.6. The van der Waals surface area contributed by atoms with E-state index in [4.69, 9.17) is 14.2 Å². The molecule has 2 atom stereocenters. The van der Waals surface area contributed by atoms with Gasteiger partial charge < -0.3 is 19.3 Å². The van der Waals surface area contributed by atoms with Gasteiger partial charge in [0, 0.05) is 10.8 Å². The van der Waals surface area contributed by atoms with E-state index < -0.39 is 18.2 Å². The molecule has 0 aliphatic carbocycles. The van der Waals surface area contributed by atoms with Crippen LogP contribution in [0.15, 0.2) is 55.1 Å². The van der Waals surface area contributed by atoms with Crippen molar-refractivity contribution in [2.75, 3.05) is 14.2 Å². The van der Waals surface area contributed by atoms with Crippen LogP contribution in [0, 0.1) is 0 Å². The molecular formula is C23H20O5. The van der Waals surface area contributed by atoms with E-state index in [1.807, 2.05) is 42.5 Å². The number of cyclic esters (lactones) is 1. The van der Waals surface area contributed by atoms with Gasteiger partial charge in [0.15, 0.2) is 6.10 Å². The molecule has 0 fully saturated rings. The first kappa shape index (κ1) is 18.1. The van der Waals surface area contributed by atoms with Crippen molar-refractivity contribution in [3.05, 3.63) is 77.4 Å². The lowest BCUT2D eigenvalue weighted by Gasteiger charge is -2.22. The zero-order chi connectivity index (χ0) is 19.8. The van der Waals surface area contributed by atoms with Crippen LogP contribution in [0.1, 0.15) is 39.3 Å². The number of aliphatic hydroxyl groups excluding tert-OH is 1. The van der Waals surface area contributed by atoms with E-state index in [-0.39, 0.29) is 5.56 Å². The fourth-order valence-electron chi connectivity index (χ4n) is 3.89. The third-order valence-corrected chi connectivity index (χ3v) is 5.11. The second-order valence-electron chi connectivity index (χ2n) is 6.50. The van der Waals surface area contributed by atoms with Gasteiger partial charge in [-0.3, -0.25) is 0 Å². The molecular weight excluding hydrogens is 356 g/mol. The van der Waals surface area contributed by atoms with E-state index in [0.29, 0.717) is 22.6 Å². The standard InChI is InChI=1S/C23H20O5/c1-4-13-9-5-6-10-14(13)19(24)22-17-18(23(25)28-22)21(27-3)16-12-8-7-11-15(16)20(17)26-2/h4-12,19,22,24H,1H2,2-3H3. The Morgan fingerprint density at radius 1 is 1.04 bits per heavy atom. The number of ether oxygens (including phenoxy) is 3. The van der Waals surface area contributed by atoms with Crippen LogP contribution in [0.25, 0.3) is 16.8 Å². The molecule has 4 rings (SSSR count). The third-order valence-electron chi connectivity index (χ3n) is 5.11. The van der Waals surface area contributed by atoms with Crippen LogP contribution in [-0.4, -0.2) is 25.3 Å². The molecule has 1 heterocycles. The predicted octanol–water partition coefficient (Wildman–Crippen LogP) is 4.45. The topological polar surface area (TPSA) is 65.0 Å². The summed E-state index contributed by atoms with van der Waals surface area (Å²) in [4.78, 5) is 12.8. The van der Waals surface area contributed by atoms with Crippen molar-refractivity contribution in [2.45, 2.75) is 12.2 Å². The van der Waals surface area contributed by atoms with Gasteiger partial charge >= 0.3 is 5.97 Å². The van der Waals surface area contributed by atoms with Crippen molar-refractivity contribution in [3.8, 4) is 11.5 Å². The molecule has 2 unspecified atom stereocenters. The SMILES string of the molecule is C=Cc1ccccc1C(O)C1OC(=O)c2c1c(OC)c1ccccc1c2OC. The minimum atomic E-state index is -1.08. The monoisotopic (exact) mass is 376 g/mol. The maximum absolute atomic E-state index is 12.8. The van der Waals surface area contributed by atoms with E-state index in [1.54, 1.807) is 19.3 Å². The van der Waals surface area contributed by atoms with Gasteiger partial charge in [0.2, 0.25) is 0 Å². The summed E-state index contributed by atoms with van der Waals surface area (Å²) < 4.78 is 16.9.